The fourth-order valence-corrected chi connectivity index (χ4v) is 2.42. The van der Waals surface area contributed by atoms with Crippen molar-refractivity contribution in [2.45, 2.75) is 38.6 Å². The average Bonchev–Trinajstić information content (AvgIpc) is 2.54. The van der Waals surface area contributed by atoms with Crippen LogP contribution in [0.15, 0.2) is 12.3 Å². The topological polar surface area (TPSA) is 79.5 Å². The Morgan fingerprint density at radius 2 is 2.28 bits per heavy atom. The molecule has 0 aliphatic carbocycles. The highest BCUT2D eigenvalue weighted by Gasteiger charge is 2.20. The van der Waals surface area contributed by atoms with Crippen molar-refractivity contribution in [3.8, 4) is 0 Å². The van der Waals surface area contributed by atoms with Gasteiger partial charge in [-0.2, -0.15) is 0 Å². The Morgan fingerprint density at radius 1 is 1.50 bits per heavy atom. The number of hydrogen-bond donors (Lipinski definition) is 2. The van der Waals surface area contributed by atoms with Crippen LogP contribution in [0.25, 0.3) is 0 Å². The Balaban J connectivity index is 2.29. The molecule has 0 spiro atoms. The molecule has 3 N–H and O–H groups in total. The van der Waals surface area contributed by atoms with E-state index in [1.54, 1.807) is 0 Å². The third-order valence-electron chi connectivity index (χ3n) is 3.47. The van der Waals surface area contributed by atoms with E-state index in [0.717, 1.165) is 25.2 Å². The smallest absolute Gasteiger partial charge is 0.337 e. The molecule has 1 aliphatic heterocycles. The summed E-state index contributed by atoms with van der Waals surface area (Å²) in [6.07, 6.45) is 6.10. The SMILES string of the molecule is CC1CCCCCN1c1ncc(C(=O)O)cc1N. The monoisotopic (exact) mass is 249 g/mol. The third kappa shape index (κ3) is 2.55. The highest BCUT2D eigenvalue weighted by molar-refractivity contribution is 5.89. The van der Waals surface area contributed by atoms with Crippen LogP contribution in [0.4, 0.5) is 11.5 Å². The van der Waals surface area contributed by atoms with Crippen LogP contribution < -0.4 is 10.6 Å². The highest BCUT2D eigenvalue weighted by Crippen LogP contribution is 2.27. The van der Waals surface area contributed by atoms with Gasteiger partial charge in [-0.1, -0.05) is 12.8 Å². The maximum absolute atomic E-state index is 10.9. The maximum atomic E-state index is 10.9. The molecule has 1 aliphatic rings. The van der Waals surface area contributed by atoms with Gasteiger partial charge in [0.1, 0.15) is 0 Å². The molecule has 0 radical (unpaired) electrons. The summed E-state index contributed by atoms with van der Waals surface area (Å²) in [6, 6.07) is 1.89. The van der Waals surface area contributed by atoms with Gasteiger partial charge in [0, 0.05) is 18.8 Å². The molecule has 0 saturated carbocycles. The molecule has 98 valence electrons. The summed E-state index contributed by atoms with van der Waals surface area (Å²) in [4.78, 5) is 17.3. The van der Waals surface area contributed by atoms with Crippen molar-refractivity contribution in [2.75, 3.05) is 17.2 Å². The van der Waals surface area contributed by atoms with E-state index in [9.17, 15) is 4.79 Å². The van der Waals surface area contributed by atoms with Crippen LogP contribution >= 0.6 is 0 Å². The second-order valence-electron chi connectivity index (χ2n) is 4.83. The van der Waals surface area contributed by atoms with Crippen molar-refractivity contribution in [3.63, 3.8) is 0 Å². The van der Waals surface area contributed by atoms with Gasteiger partial charge in [0.25, 0.3) is 0 Å². The molecule has 1 unspecified atom stereocenters. The van der Waals surface area contributed by atoms with Gasteiger partial charge in [0.05, 0.1) is 11.3 Å². The van der Waals surface area contributed by atoms with E-state index in [2.05, 4.69) is 16.8 Å². The Kier molecular flexibility index (Phi) is 3.69. The van der Waals surface area contributed by atoms with Crippen LogP contribution in [0.1, 0.15) is 43.0 Å². The van der Waals surface area contributed by atoms with Crippen molar-refractivity contribution in [1.29, 1.82) is 0 Å². The first-order valence-corrected chi connectivity index (χ1v) is 6.35. The minimum atomic E-state index is -0.996. The van der Waals surface area contributed by atoms with Crippen molar-refractivity contribution < 1.29 is 9.90 Å². The lowest BCUT2D eigenvalue weighted by atomic mass is 10.1. The number of nitrogens with two attached hydrogens (primary N) is 1. The lowest BCUT2D eigenvalue weighted by molar-refractivity contribution is 0.0696. The molecule has 2 rings (SSSR count). The lowest BCUT2D eigenvalue weighted by Crippen LogP contribution is -2.33. The number of carbonyl (C=O) groups is 1. The van der Waals surface area contributed by atoms with Gasteiger partial charge in [0.2, 0.25) is 0 Å². The summed E-state index contributed by atoms with van der Waals surface area (Å²) >= 11 is 0. The molecular weight excluding hydrogens is 230 g/mol. The van der Waals surface area contributed by atoms with E-state index in [4.69, 9.17) is 10.8 Å². The number of aromatic carboxylic acids is 1. The first-order chi connectivity index (χ1) is 8.59. The minimum Gasteiger partial charge on any atom is -0.478 e. The molecule has 5 nitrogen and oxygen atoms in total. The van der Waals surface area contributed by atoms with Gasteiger partial charge in [-0.25, -0.2) is 9.78 Å². The van der Waals surface area contributed by atoms with Gasteiger partial charge in [-0.3, -0.25) is 0 Å². The molecular formula is C13H19N3O2. The molecule has 5 heteroatoms. The standard InChI is InChI=1S/C13H19N3O2/c1-9-5-3-2-4-6-16(9)12-11(14)7-10(8-15-12)13(17)18/h7-9H,2-6,14H2,1H3,(H,17,18). The Bertz CT molecular complexity index is 448. The van der Waals surface area contributed by atoms with Gasteiger partial charge < -0.3 is 15.7 Å². The number of anilines is 2. The van der Waals surface area contributed by atoms with E-state index in [1.165, 1.54) is 25.1 Å². The summed E-state index contributed by atoms with van der Waals surface area (Å²) in [5.41, 5.74) is 6.52. The summed E-state index contributed by atoms with van der Waals surface area (Å²) < 4.78 is 0. The Labute approximate surface area is 107 Å². The molecule has 2 heterocycles. The maximum Gasteiger partial charge on any atom is 0.337 e. The normalized spacial score (nSPS) is 20.5. The lowest BCUT2D eigenvalue weighted by Gasteiger charge is -2.29. The summed E-state index contributed by atoms with van der Waals surface area (Å²) in [6.45, 7) is 3.10. The van der Waals surface area contributed by atoms with Gasteiger partial charge in [0.15, 0.2) is 5.82 Å². The number of carboxylic acid groups (broad SMARTS) is 1. The molecule has 0 aromatic carbocycles. The second-order valence-corrected chi connectivity index (χ2v) is 4.83. The van der Waals surface area contributed by atoms with E-state index >= 15 is 0 Å². The van der Waals surface area contributed by atoms with Crippen molar-refractivity contribution >= 4 is 17.5 Å². The van der Waals surface area contributed by atoms with Crippen LogP contribution in [-0.4, -0.2) is 28.6 Å². The van der Waals surface area contributed by atoms with Gasteiger partial charge in [-0.15, -0.1) is 0 Å². The highest BCUT2D eigenvalue weighted by atomic mass is 16.4. The number of hydrogen-bond acceptors (Lipinski definition) is 4. The van der Waals surface area contributed by atoms with E-state index < -0.39 is 5.97 Å². The van der Waals surface area contributed by atoms with Crippen LogP contribution in [0.5, 0.6) is 0 Å². The average molecular weight is 249 g/mol. The number of aromatic nitrogens is 1. The largest absolute Gasteiger partial charge is 0.478 e. The van der Waals surface area contributed by atoms with Crippen molar-refractivity contribution in [2.24, 2.45) is 0 Å². The van der Waals surface area contributed by atoms with E-state index in [1.807, 2.05) is 0 Å². The number of carboxylic acids is 1. The zero-order valence-corrected chi connectivity index (χ0v) is 10.6. The zero-order chi connectivity index (χ0) is 13.1. The summed E-state index contributed by atoms with van der Waals surface area (Å²) in [5, 5.41) is 8.90. The fraction of sp³-hybridized carbons (Fsp3) is 0.538. The zero-order valence-electron chi connectivity index (χ0n) is 10.6. The first-order valence-electron chi connectivity index (χ1n) is 6.35. The van der Waals surface area contributed by atoms with E-state index in [0.29, 0.717) is 11.7 Å². The molecule has 0 amide bonds. The minimum absolute atomic E-state index is 0.138. The molecule has 1 aromatic heterocycles. The number of pyridine rings is 1. The first kappa shape index (κ1) is 12.7. The fourth-order valence-electron chi connectivity index (χ4n) is 2.42. The Morgan fingerprint density at radius 3 is 2.94 bits per heavy atom. The van der Waals surface area contributed by atoms with Crippen molar-refractivity contribution in [1.82, 2.24) is 4.98 Å². The van der Waals surface area contributed by atoms with Crippen LogP contribution in [0.2, 0.25) is 0 Å². The predicted molar refractivity (Wildman–Crippen MR) is 70.9 cm³/mol. The van der Waals surface area contributed by atoms with Crippen molar-refractivity contribution in [3.05, 3.63) is 17.8 Å². The van der Waals surface area contributed by atoms with Gasteiger partial charge in [-0.05, 0) is 25.8 Å². The molecule has 1 saturated heterocycles. The van der Waals surface area contributed by atoms with Crippen LogP contribution in [0.3, 0.4) is 0 Å². The molecule has 18 heavy (non-hydrogen) atoms. The summed E-state index contributed by atoms with van der Waals surface area (Å²) in [5.74, 6) is -0.279. The molecule has 1 fully saturated rings. The third-order valence-corrected chi connectivity index (χ3v) is 3.47. The van der Waals surface area contributed by atoms with E-state index in [-0.39, 0.29) is 5.56 Å². The second kappa shape index (κ2) is 5.25. The molecule has 1 atom stereocenters. The molecule has 0 bridgehead atoms. The number of nitrogen functional groups attached to an aromatic ring is 1. The van der Waals surface area contributed by atoms with Gasteiger partial charge >= 0.3 is 5.97 Å². The van der Waals surface area contributed by atoms with Crippen LogP contribution in [-0.2, 0) is 0 Å². The number of nitrogens with zero attached hydrogens (tertiary/aromatic N) is 2. The quantitative estimate of drug-likeness (QED) is 0.839. The number of rotatable bonds is 2. The van der Waals surface area contributed by atoms with Crippen LogP contribution in [0, 0.1) is 0 Å². The molecule has 1 aromatic rings. The predicted octanol–water partition coefficient (Wildman–Crippen LogP) is 2.13. The Hall–Kier alpha value is -1.78. The summed E-state index contributed by atoms with van der Waals surface area (Å²) in [7, 11) is 0.